The van der Waals surface area contributed by atoms with Gasteiger partial charge in [0.25, 0.3) is 5.91 Å². The van der Waals surface area contributed by atoms with E-state index in [9.17, 15) is 14.7 Å². The number of carboxylic acid groups (broad SMARTS) is 1. The molecule has 2 aromatic rings. The summed E-state index contributed by atoms with van der Waals surface area (Å²) in [5.41, 5.74) is 2.66. The fraction of sp³-hybridized carbons (Fsp3) is 0.444. The Morgan fingerprint density at radius 3 is 2.62 bits per heavy atom. The predicted octanol–water partition coefficient (Wildman–Crippen LogP) is 2.40. The summed E-state index contributed by atoms with van der Waals surface area (Å²) < 4.78 is 5.25. The molecule has 1 aromatic carbocycles. The Kier molecular flexibility index (Phi) is 4.32. The molecular formula is C18H22N2O4. The van der Waals surface area contributed by atoms with Crippen LogP contribution in [0.25, 0.3) is 10.9 Å². The van der Waals surface area contributed by atoms with E-state index in [0.29, 0.717) is 31.7 Å². The molecule has 0 radical (unpaired) electrons. The van der Waals surface area contributed by atoms with Crippen LogP contribution in [0.5, 0.6) is 0 Å². The number of nitrogens with one attached hydrogen (secondary N) is 2. The maximum Gasteiger partial charge on any atom is 0.311 e. The van der Waals surface area contributed by atoms with Crippen molar-refractivity contribution in [2.45, 2.75) is 26.7 Å². The zero-order valence-electron chi connectivity index (χ0n) is 13.9. The van der Waals surface area contributed by atoms with Gasteiger partial charge in [-0.05, 0) is 44.4 Å². The summed E-state index contributed by atoms with van der Waals surface area (Å²) in [5, 5.41) is 13.3. The molecule has 0 bridgehead atoms. The second-order valence-corrected chi connectivity index (χ2v) is 6.61. The van der Waals surface area contributed by atoms with Gasteiger partial charge in [0.15, 0.2) is 0 Å². The molecule has 1 amide bonds. The van der Waals surface area contributed by atoms with Gasteiger partial charge in [-0.1, -0.05) is 11.6 Å². The Balaban J connectivity index is 1.77. The van der Waals surface area contributed by atoms with Gasteiger partial charge in [0.2, 0.25) is 0 Å². The van der Waals surface area contributed by atoms with Crippen molar-refractivity contribution < 1.29 is 19.4 Å². The van der Waals surface area contributed by atoms with Crippen LogP contribution in [0.4, 0.5) is 0 Å². The van der Waals surface area contributed by atoms with Gasteiger partial charge in [0.1, 0.15) is 5.69 Å². The number of hydrogen-bond acceptors (Lipinski definition) is 3. The number of benzene rings is 1. The van der Waals surface area contributed by atoms with Crippen LogP contribution >= 0.6 is 0 Å². The number of aliphatic carboxylic acids is 1. The largest absolute Gasteiger partial charge is 0.481 e. The van der Waals surface area contributed by atoms with E-state index < -0.39 is 11.4 Å². The minimum Gasteiger partial charge on any atom is -0.481 e. The third-order valence-corrected chi connectivity index (χ3v) is 4.81. The van der Waals surface area contributed by atoms with Crippen LogP contribution < -0.4 is 5.32 Å². The maximum atomic E-state index is 12.5. The number of rotatable bonds is 4. The first-order valence-electron chi connectivity index (χ1n) is 8.11. The van der Waals surface area contributed by atoms with Gasteiger partial charge >= 0.3 is 5.97 Å². The Morgan fingerprint density at radius 1 is 1.25 bits per heavy atom. The van der Waals surface area contributed by atoms with Gasteiger partial charge in [-0.15, -0.1) is 0 Å². The highest BCUT2D eigenvalue weighted by Gasteiger charge is 2.40. The zero-order valence-corrected chi connectivity index (χ0v) is 13.9. The van der Waals surface area contributed by atoms with Crippen LogP contribution in [-0.4, -0.2) is 41.7 Å². The molecule has 6 nitrogen and oxygen atoms in total. The van der Waals surface area contributed by atoms with Gasteiger partial charge in [0.05, 0.1) is 5.41 Å². The van der Waals surface area contributed by atoms with Crippen molar-refractivity contribution in [1.29, 1.82) is 0 Å². The van der Waals surface area contributed by atoms with Crippen molar-refractivity contribution in [2.75, 3.05) is 19.8 Å². The lowest BCUT2D eigenvalue weighted by Crippen LogP contribution is -2.46. The Labute approximate surface area is 140 Å². The molecule has 1 aliphatic rings. The molecule has 0 saturated carbocycles. The van der Waals surface area contributed by atoms with Crippen molar-refractivity contribution in [3.8, 4) is 0 Å². The van der Waals surface area contributed by atoms with Crippen molar-refractivity contribution in [3.05, 3.63) is 35.0 Å². The molecule has 0 aliphatic carbocycles. The number of aromatic nitrogens is 1. The van der Waals surface area contributed by atoms with Crippen molar-refractivity contribution in [3.63, 3.8) is 0 Å². The Bertz CT molecular complexity index is 788. The summed E-state index contributed by atoms with van der Waals surface area (Å²) in [4.78, 5) is 27.2. The summed E-state index contributed by atoms with van der Waals surface area (Å²) in [6.07, 6.45) is 0.821. The fourth-order valence-corrected chi connectivity index (χ4v) is 3.31. The SMILES string of the molecule is Cc1cc(C)c2[nH]c(C(=O)NCC3(C(=O)O)CCOCC3)cc2c1. The number of H-pyrrole nitrogens is 1. The molecule has 128 valence electrons. The lowest BCUT2D eigenvalue weighted by molar-refractivity contribution is -0.154. The average molecular weight is 330 g/mol. The molecule has 0 atom stereocenters. The summed E-state index contributed by atoms with van der Waals surface area (Å²) >= 11 is 0. The summed E-state index contributed by atoms with van der Waals surface area (Å²) in [5.74, 6) is -1.16. The molecule has 1 fully saturated rings. The van der Waals surface area contributed by atoms with E-state index in [1.807, 2.05) is 26.0 Å². The topological polar surface area (TPSA) is 91.4 Å². The lowest BCUT2D eigenvalue weighted by Gasteiger charge is -2.33. The number of amides is 1. The number of carbonyl (C=O) groups is 2. The number of ether oxygens (including phenoxy) is 1. The second-order valence-electron chi connectivity index (χ2n) is 6.61. The number of fused-ring (bicyclic) bond motifs is 1. The van der Waals surface area contributed by atoms with Gasteiger partial charge < -0.3 is 20.1 Å². The van der Waals surface area contributed by atoms with E-state index in [4.69, 9.17) is 4.74 Å². The third-order valence-electron chi connectivity index (χ3n) is 4.81. The highest BCUT2D eigenvalue weighted by Crippen LogP contribution is 2.30. The monoisotopic (exact) mass is 330 g/mol. The van der Waals surface area contributed by atoms with Gasteiger partial charge in [-0.3, -0.25) is 9.59 Å². The molecule has 2 heterocycles. The minimum absolute atomic E-state index is 0.109. The highest BCUT2D eigenvalue weighted by molar-refractivity contribution is 5.99. The number of hydrogen-bond donors (Lipinski definition) is 3. The van der Waals surface area contributed by atoms with E-state index >= 15 is 0 Å². The van der Waals surface area contributed by atoms with Crippen molar-refractivity contribution in [1.82, 2.24) is 10.3 Å². The zero-order chi connectivity index (χ0) is 17.3. The number of aromatic amines is 1. The highest BCUT2D eigenvalue weighted by atomic mass is 16.5. The van der Waals surface area contributed by atoms with E-state index in [2.05, 4.69) is 16.4 Å². The Hall–Kier alpha value is -2.34. The molecule has 3 rings (SSSR count). The molecule has 3 N–H and O–H groups in total. The minimum atomic E-state index is -0.938. The maximum absolute atomic E-state index is 12.5. The van der Waals surface area contributed by atoms with Crippen LogP contribution in [0.2, 0.25) is 0 Å². The summed E-state index contributed by atoms with van der Waals surface area (Å²) in [6.45, 7) is 4.94. The first-order chi connectivity index (χ1) is 11.4. The fourth-order valence-electron chi connectivity index (χ4n) is 3.31. The van der Waals surface area contributed by atoms with Gasteiger partial charge in [-0.25, -0.2) is 0 Å². The second kappa shape index (κ2) is 6.28. The van der Waals surface area contributed by atoms with Crippen LogP contribution in [-0.2, 0) is 9.53 Å². The van der Waals surface area contributed by atoms with Gasteiger partial charge in [0, 0.05) is 30.7 Å². The first-order valence-corrected chi connectivity index (χ1v) is 8.11. The smallest absolute Gasteiger partial charge is 0.311 e. The first kappa shape index (κ1) is 16.5. The van der Waals surface area contributed by atoms with Crippen LogP contribution in [0.3, 0.4) is 0 Å². The number of carbonyl (C=O) groups excluding carboxylic acids is 1. The predicted molar refractivity (Wildman–Crippen MR) is 90.2 cm³/mol. The average Bonchev–Trinajstić information content (AvgIpc) is 2.97. The summed E-state index contributed by atoms with van der Waals surface area (Å²) in [7, 11) is 0. The van der Waals surface area contributed by atoms with Crippen LogP contribution in [0, 0.1) is 19.3 Å². The molecule has 1 aliphatic heterocycles. The molecule has 6 heteroatoms. The molecule has 0 unspecified atom stereocenters. The standard InChI is InChI=1S/C18H22N2O4/c1-11-7-12(2)15-13(8-11)9-14(20-15)16(21)19-10-18(17(22)23)3-5-24-6-4-18/h7-9,20H,3-6,10H2,1-2H3,(H,19,21)(H,22,23). The van der Waals surface area contributed by atoms with E-state index in [0.717, 1.165) is 22.0 Å². The van der Waals surface area contributed by atoms with E-state index in [1.54, 1.807) is 0 Å². The molecule has 1 aromatic heterocycles. The van der Waals surface area contributed by atoms with Gasteiger partial charge in [-0.2, -0.15) is 0 Å². The number of aryl methyl sites for hydroxylation is 2. The molecular weight excluding hydrogens is 308 g/mol. The van der Waals surface area contributed by atoms with Crippen LogP contribution in [0.1, 0.15) is 34.5 Å². The lowest BCUT2D eigenvalue weighted by atomic mass is 9.80. The van der Waals surface area contributed by atoms with E-state index in [1.165, 1.54) is 0 Å². The molecule has 0 spiro atoms. The normalized spacial score (nSPS) is 16.9. The summed E-state index contributed by atoms with van der Waals surface area (Å²) in [6, 6.07) is 5.89. The quantitative estimate of drug-likeness (QED) is 0.803. The number of carboxylic acids is 1. The van der Waals surface area contributed by atoms with Crippen LogP contribution in [0.15, 0.2) is 18.2 Å². The molecule has 1 saturated heterocycles. The Morgan fingerprint density at radius 2 is 1.96 bits per heavy atom. The third kappa shape index (κ3) is 3.01. The van der Waals surface area contributed by atoms with Crippen molar-refractivity contribution >= 4 is 22.8 Å². The van der Waals surface area contributed by atoms with Crippen molar-refractivity contribution in [2.24, 2.45) is 5.41 Å². The molecule has 24 heavy (non-hydrogen) atoms. The van der Waals surface area contributed by atoms with E-state index in [-0.39, 0.29) is 12.5 Å².